The van der Waals surface area contributed by atoms with E-state index in [9.17, 15) is 0 Å². The van der Waals surface area contributed by atoms with Gasteiger partial charge < -0.3 is 9.64 Å². The summed E-state index contributed by atoms with van der Waals surface area (Å²) in [6, 6.07) is 0.391. The first-order valence-electron chi connectivity index (χ1n) is 5.99. The van der Waals surface area contributed by atoms with Gasteiger partial charge in [-0.05, 0) is 13.3 Å². The van der Waals surface area contributed by atoms with Crippen molar-refractivity contribution in [3.05, 3.63) is 18.1 Å². The SMILES string of the molecule is CCC1COC(C)CN1c1cnc(CCl)cn1. The number of nitrogens with zero attached hydrogens (tertiary/aromatic N) is 3. The summed E-state index contributed by atoms with van der Waals surface area (Å²) >= 11 is 5.71. The summed E-state index contributed by atoms with van der Waals surface area (Å²) in [5.41, 5.74) is 0.810. The number of aromatic nitrogens is 2. The van der Waals surface area contributed by atoms with Gasteiger partial charge in [-0.1, -0.05) is 6.92 Å². The van der Waals surface area contributed by atoms with Crippen LogP contribution in [0.25, 0.3) is 0 Å². The minimum Gasteiger partial charge on any atom is -0.375 e. The Morgan fingerprint density at radius 3 is 2.88 bits per heavy atom. The van der Waals surface area contributed by atoms with Crippen LogP contribution in [0.3, 0.4) is 0 Å². The number of anilines is 1. The van der Waals surface area contributed by atoms with E-state index < -0.39 is 0 Å². The van der Waals surface area contributed by atoms with Crippen LogP contribution >= 0.6 is 11.6 Å². The van der Waals surface area contributed by atoms with Gasteiger partial charge in [0.15, 0.2) is 0 Å². The lowest BCUT2D eigenvalue weighted by Crippen LogP contribution is -2.49. The molecule has 1 fully saturated rings. The van der Waals surface area contributed by atoms with Gasteiger partial charge in [0.25, 0.3) is 0 Å². The van der Waals surface area contributed by atoms with Crippen LogP contribution in [0.1, 0.15) is 26.0 Å². The van der Waals surface area contributed by atoms with Crippen molar-refractivity contribution in [3.8, 4) is 0 Å². The summed E-state index contributed by atoms with van der Waals surface area (Å²) in [5, 5.41) is 0. The van der Waals surface area contributed by atoms with E-state index in [1.165, 1.54) is 0 Å². The van der Waals surface area contributed by atoms with Gasteiger partial charge in [0.1, 0.15) is 5.82 Å². The quantitative estimate of drug-likeness (QED) is 0.777. The first kappa shape index (κ1) is 12.6. The molecule has 0 bridgehead atoms. The topological polar surface area (TPSA) is 38.2 Å². The molecule has 2 atom stereocenters. The van der Waals surface area contributed by atoms with Crippen LogP contribution in [0.5, 0.6) is 0 Å². The Hall–Kier alpha value is -0.870. The van der Waals surface area contributed by atoms with Crippen LogP contribution in [-0.4, -0.2) is 35.3 Å². The Bertz CT molecular complexity index is 357. The van der Waals surface area contributed by atoms with Crippen LogP contribution in [0, 0.1) is 0 Å². The van der Waals surface area contributed by atoms with Gasteiger partial charge >= 0.3 is 0 Å². The average Bonchev–Trinajstić information content (AvgIpc) is 2.39. The summed E-state index contributed by atoms with van der Waals surface area (Å²) in [7, 11) is 0. The molecule has 1 saturated heterocycles. The van der Waals surface area contributed by atoms with Crippen LogP contribution < -0.4 is 4.90 Å². The van der Waals surface area contributed by atoms with E-state index in [0.29, 0.717) is 11.9 Å². The molecule has 0 radical (unpaired) electrons. The highest BCUT2D eigenvalue weighted by molar-refractivity contribution is 6.16. The van der Waals surface area contributed by atoms with Crippen molar-refractivity contribution in [2.75, 3.05) is 18.1 Å². The van der Waals surface area contributed by atoms with Gasteiger partial charge in [-0.2, -0.15) is 0 Å². The van der Waals surface area contributed by atoms with E-state index in [1.807, 2.05) is 0 Å². The molecule has 4 nitrogen and oxygen atoms in total. The van der Waals surface area contributed by atoms with Crippen molar-refractivity contribution in [2.24, 2.45) is 0 Å². The second kappa shape index (κ2) is 5.65. The van der Waals surface area contributed by atoms with Gasteiger partial charge in [0, 0.05) is 6.54 Å². The third-order valence-corrected chi connectivity index (χ3v) is 3.34. The molecule has 5 heteroatoms. The highest BCUT2D eigenvalue weighted by atomic mass is 35.5. The van der Waals surface area contributed by atoms with E-state index in [2.05, 4.69) is 28.7 Å². The van der Waals surface area contributed by atoms with Crippen molar-refractivity contribution in [1.82, 2.24) is 9.97 Å². The van der Waals surface area contributed by atoms with Crippen LogP contribution in [0.4, 0.5) is 5.82 Å². The molecular formula is C12H18ClN3O. The molecule has 1 aromatic rings. The molecule has 0 spiro atoms. The minimum atomic E-state index is 0.243. The van der Waals surface area contributed by atoms with E-state index in [0.717, 1.165) is 31.1 Å². The van der Waals surface area contributed by atoms with Crippen molar-refractivity contribution in [1.29, 1.82) is 0 Å². The highest BCUT2D eigenvalue weighted by Crippen LogP contribution is 2.20. The molecule has 17 heavy (non-hydrogen) atoms. The maximum absolute atomic E-state index is 5.71. The Morgan fingerprint density at radius 2 is 2.29 bits per heavy atom. The predicted octanol–water partition coefficient (Wildman–Crippen LogP) is 2.22. The van der Waals surface area contributed by atoms with Gasteiger partial charge in [0.2, 0.25) is 0 Å². The summed E-state index contributed by atoms with van der Waals surface area (Å²) in [6.45, 7) is 5.88. The number of hydrogen-bond donors (Lipinski definition) is 0. The number of alkyl halides is 1. The number of morpholine rings is 1. The van der Waals surface area contributed by atoms with Gasteiger partial charge in [0.05, 0.1) is 42.7 Å². The second-order valence-electron chi connectivity index (χ2n) is 4.36. The molecule has 0 amide bonds. The minimum absolute atomic E-state index is 0.243. The van der Waals surface area contributed by atoms with E-state index in [-0.39, 0.29) is 6.10 Å². The van der Waals surface area contributed by atoms with E-state index >= 15 is 0 Å². The van der Waals surface area contributed by atoms with Crippen LogP contribution in [0.2, 0.25) is 0 Å². The molecule has 94 valence electrons. The van der Waals surface area contributed by atoms with Crippen molar-refractivity contribution in [2.45, 2.75) is 38.3 Å². The number of ether oxygens (including phenoxy) is 1. The molecule has 1 aromatic heterocycles. The first-order valence-corrected chi connectivity index (χ1v) is 6.53. The third kappa shape index (κ3) is 2.87. The standard InChI is InChI=1S/C12H18ClN3O/c1-3-11-8-17-9(2)7-16(11)12-6-14-10(4-13)5-15-12/h5-6,9,11H,3-4,7-8H2,1-2H3. The smallest absolute Gasteiger partial charge is 0.147 e. The fourth-order valence-corrected chi connectivity index (χ4v) is 2.17. The Kier molecular flexibility index (Phi) is 4.18. The fourth-order valence-electron chi connectivity index (χ4n) is 2.03. The maximum Gasteiger partial charge on any atom is 0.147 e. The lowest BCUT2D eigenvalue weighted by atomic mass is 10.1. The predicted molar refractivity (Wildman–Crippen MR) is 68.4 cm³/mol. The van der Waals surface area contributed by atoms with Gasteiger partial charge in [-0.3, -0.25) is 4.98 Å². The van der Waals surface area contributed by atoms with Crippen molar-refractivity contribution >= 4 is 17.4 Å². The number of halogens is 1. The molecule has 2 rings (SSSR count). The Morgan fingerprint density at radius 1 is 1.47 bits per heavy atom. The summed E-state index contributed by atoms with van der Waals surface area (Å²) in [5.74, 6) is 1.32. The van der Waals surface area contributed by atoms with E-state index in [4.69, 9.17) is 16.3 Å². The molecule has 0 aliphatic carbocycles. The largest absolute Gasteiger partial charge is 0.375 e. The summed E-state index contributed by atoms with van der Waals surface area (Å²) in [4.78, 5) is 11.0. The van der Waals surface area contributed by atoms with Gasteiger partial charge in [-0.25, -0.2) is 4.98 Å². The van der Waals surface area contributed by atoms with Gasteiger partial charge in [-0.15, -0.1) is 11.6 Å². The first-order chi connectivity index (χ1) is 8.24. The van der Waals surface area contributed by atoms with Crippen LogP contribution in [-0.2, 0) is 10.6 Å². The van der Waals surface area contributed by atoms with Crippen molar-refractivity contribution < 1.29 is 4.74 Å². The lowest BCUT2D eigenvalue weighted by molar-refractivity contribution is 0.0296. The van der Waals surface area contributed by atoms with Crippen molar-refractivity contribution in [3.63, 3.8) is 0 Å². The zero-order valence-electron chi connectivity index (χ0n) is 10.3. The molecule has 0 saturated carbocycles. The zero-order valence-corrected chi connectivity index (χ0v) is 11.0. The summed E-state index contributed by atoms with van der Waals surface area (Å²) in [6.07, 6.45) is 4.84. The monoisotopic (exact) mass is 255 g/mol. The molecule has 2 heterocycles. The molecular weight excluding hydrogens is 238 g/mol. The average molecular weight is 256 g/mol. The third-order valence-electron chi connectivity index (χ3n) is 3.06. The number of hydrogen-bond acceptors (Lipinski definition) is 4. The molecule has 1 aliphatic heterocycles. The lowest BCUT2D eigenvalue weighted by Gasteiger charge is -2.38. The van der Waals surface area contributed by atoms with E-state index in [1.54, 1.807) is 12.4 Å². The molecule has 1 aliphatic rings. The second-order valence-corrected chi connectivity index (χ2v) is 4.63. The zero-order chi connectivity index (χ0) is 12.3. The fraction of sp³-hybridized carbons (Fsp3) is 0.667. The normalized spacial score (nSPS) is 25.0. The molecule has 2 unspecified atom stereocenters. The Balaban J connectivity index is 2.16. The molecule has 0 aromatic carbocycles. The highest BCUT2D eigenvalue weighted by Gasteiger charge is 2.26. The summed E-state index contributed by atoms with van der Waals surface area (Å²) < 4.78 is 5.67. The van der Waals surface area contributed by atoms with Crippen LogP contribution in [0.15, 0.2) is 12.4 Å². The Labute approximate surface area is 107 Å². The maximum atomic E-state index is 5.71. The molecule has 0 N–H and O–H groups in total. The number of rotatable bonds is 3.